The first kappa shape index (κ1) is 12.7. The lowest BCUT2D eigenvalue weighted by Gasteiger charge is -2.14. The molecule has 13 heavy (non-hydrogen) atoms. The van der Waals surface area contributed by atoms with Gasteiger partial charge in [-0.05, 0) is 13.8 Å². The van der Waals surface area contributed by atoms with Crippen LogP contribution in [0.1, 0.15) is 13.8 Å². The van der Waals surface area contributed by atoms with Crippen molar-refractivity contribution < 1.29 is 18.6 Å². The zero-order chi connectivity index (χ0) is 10.3. The summed E-state index contributed by atoms with van der Waals surface area (Å²) in [6, 6.07) is 0. The van der Waals surface area contributed by atoms with E-state index in [1.54, 1.807) is 0 Å². The van der Waals surface area contributed by atoms with E-state index in [1.807, 2.05) is 13.8 Å². The standard InChI is InChI=1S/C8H17F2NO2/c1-7(2)13-4-3-11-5-8(9,10)6-12/h7,11-12H,3-6H2,1-2H3. The third kappa shape index (κ3) is 8.08. The maximum Gasteiger partial charge on any atom is 0.282 e. The summed E-state index contributed by atoms with van der Waals surface area (Å²) in [6.07, 6.45) is 0.111. The first-order chi connectivity index (χ1) is 5.98. The van der Waals surface area contributed by atoms with E-state index in [9.17, 15) is 8.78 Å². The van der Waals surface area contributed by atoms with Gasteiger partial charge >= 0.3 is 0 Å². The summed E-state index contributed by atoms with van der Waals surface area (Å²) in [5, 5.41) is 10.7. The van der Waals surface area contributed by atoms with E-state index in [2.05, 4.69) is 5.32 Å². The summed E-state index contributed by atoms with van der Waals surface area (Å²) >= 11 is 0. The van der Waals surface area contributed by atoms with Crippen molar-refractivity contribution in [3.63, 3.8) is 0 Å². The predicted octanol–water partition coefficient (Wildman–Crippen LogP) is 0.629. The lowest BCUT2D eigenvalue weighted by Crippen LogP contribution is -2.37. The Morgan fingerprint density at radius 1 is 1.46 bits per heavy atom. The van der Waals surface area contributed by atoms with Crippen LogP contribution >= 0.6 is 0 Å². The molecule has 0 aliphatic heterocycles. The Labute approximate surface area is 77.1 Å². The number of ether oxygens (including phenoxy) is 1. The Morgan fingerprint density at radius 3 is 2.54 bits per heavy atom. The normalized spacial score (nSPS) is 12.5. The highest BCUT2D eigenvalue weighted by atomic mass is 19.3. The lowest BCUT2D eigenvalue weighted by molar-refractivity contribution is -0.0486. The van der Waals surface area contributed by atoms with Gasteiger partial charge in [-0.1, -0.05) is 0 Å². The highest BCUT2D eigenvalue weighted by Crippen LogP contribution is 2.09. The van der Waals surface area contributed by atoms with Crippen LogP contribution in [-0.4, -0.2) is 43.4 Å². The SMILES string of the molecule is CC(C)OCCNCC(F)(F)CO. The first-order valence-electron chi connectivity index (χ1n) is 4.29. The van der Waals surface area contributed by atoms with E-state index in [-0.39, 0.29) is 6.10 Å². The van der Waals surface area contributed by atoms with Gasteiger partial charge in [0.05, 0.1) is 19.3 Å². The fraction of sp³-hybridized carbons (Fsp3) is 1.00. The van der Waals surface area contributed by atoms with Gasteiger partial charge in [-0.25, -0.2) is 8.78 Å². The predicted molar refractivity (Wildman–Crippen MR) is 46.0 cm³/mol. The van der Waals surface area contributed by atoms with Crippen molar-refractivity contribution in [3.8, 4) is 0 Å². The Bertz CT molecular complexity index is 131. The smallest absolute Gasteiger partial charge is 0.282 e. The molecular formula is C8H17F2NO2. The van der Waals surface area contributed by atoms with Gasteiger partial charge in [-0.15, -0.1) is 0 Å². The van der Waals surface area contributed by atoms with Crippen LogP contribution in [0.2, 0.25) is 0 Å². The molecule has 0 rings (SSSR count). The number of rotatable bonds is 7. The molecule has 80 valence electrons. The lowest BCUT2D eigenvalue weighted by atomic mass is 10.3. The second-order valence-corrected chi connectivity index (χ2v) is 3.11. The van der Waals surface area contributed by atoms with Gasteiger partial charge in [-0.3, -0.25) is 0 Å². The second kappa shape index (κ2) is 6.23. The van der Waals surface area contributed by atoms with E-state index >= 15 is 0 Å². The van der Waals surface area contributed by atoms with Gasteiger partial charge in [0.1, 0.15) is 6.61 Å². The highest BCUT2D eigenvalue weighted by Gasteiger charge is 2.26. The molecule has 0 aromatic carbocycles. The molecule has 0 bridgehead atoms. The quantitative estimate of drug-likeness (QED) is 0.588. The van der Waals surface area contributed by atoms with E-state index in [4.69, 9.17) is 9.84 Å². The fourth-order valence-corrected chi connectivity index (χ4v) is 0.694. The van der Waals surface area contributed by atoms with Crippen molar-refractivity contribution in [1.82, 2.24) is 5.32 Å². The third-order valence-electron chi connectivity index (χ3n) is 1.34. The fourth-order valence-electron chi connectivity index (χ4n) is 0.694. The third-order valence-corrected chi connectivity index (χ3v) is 1.34. The monoisotopic (exact) mass is 197 g/mol. The van der Waals surface area contributed by atoms with E-state index in [0.717, 1.165) is 0 Å². The Hall–Kier alpha value is -0.260. The molecule has 0 unspecified atom stereocenters. The molecule has 0 heterocycles. The van der Waals surface area contributed by atoms with Crippen LogP contribution in [-0.2, 0) is 4.74 Å². The van der Waals surface area contributed by atoms with E-state index in [0.29, 0.717) is 13.2 Å². The average molecular weight is 197 g/mol. The number of alkyl halides is 2. The summed E-state index contributed by atoms with van der Waals surface area (Å²) in [4.78, 5) is 0. The molecule has 0 aromatic heterocycles. The van der Waals surface area contributed by atoms with Crippen LogP contribution in [0.25, 0.3) is 0 Å². The van der Waals surface area contributed by atoms with Crippen LogP contribution in [0.3, 0.4) is 0 Å². The number of halogens is 2. The molecule has 3 nitrogen and oxygen atoms in total. The van der Waals surface area contributed by atoms with Crippen LogP contribution in [0, 0.1) is 0 Å². The molecule has 0 saturated heterocycles. The first-order valence-corrected chi connectivity index (χ1v) is 4.29. The minimum Gasteiger partial charge on any atom is -0.390 e. The molecule has 0 atom stereocenters. The maximum absolute atomic E-state index is 12.4. The molecular weight excluding hydrogens is 180 g/mol. The highest BCUT2D eigenvalue weighted by molar-refractivity contribution is 4.67. The maximum atomic E-state index is 12.4. The van der Waals surface area contributed by atoms with Gasteiger partial charge in [0, 0.05) is 6.54 Å². The molecule has 0 aliphatic carbocycles. The van der Waals surface area contributed by atoms with Crippen LogP contribution < -0.4 is 5.32 Å². The Morgan fingerprint density at radius 2 is 2.08 bits per heavy atom. The average Bonchev–Trinajstić information content (AvgIpc) is 2.03. The van der Waals surface area contributed by atoms with E-state index < -0.39 is 19.1 Å². The minimum absolute atomic E-state index is 0.111. The minimum atomic E-state index is -3.03. The summed E-state index contributed by atoms with van der Waals surface area (Å²) in [5.41, 5.74) is 0. The van der Waals surface area contributed by atoms with Gasteiger partial charge in [0.15, 0.2) is 0 Å². The molecule has 0 radical (unpaired) electrons. The van der Waals surface area contributed by atoms with Crippen LogP contribution in [0.4, 0.5) is 8.78 Å². The number of hydrogen-bond acceptors (Lipinski definition) is 3. The zero-order valence-corrected chi connectivity index (χ0v) is 8.02. The molecule has 2 N–H and O–H groups in total. The Balaban J connectivity index is 3.26. The Kier molecular flexibility index (Phi) is 6.11. The summed E-state index contributed by atoms with van der Waals surface area (Å²) in [5.74, 6) is -3.03. The number of aliphatic hydroxyl groups is 1. The summed E-state index contributed by atoms with van der Waals surface area (Å²) < 4.78 is 29.9. The number of aliphatic hydroxyl groups excluding tert-OH is 1. The largest absolute Gasteiger partial charge is 0.390 e. The van der Waals surface area contributed by atoms with Crippen LogP contribution in [0.5, 0.6) is 0 Å². The summed E-state index contributed by atoms with van der Waals surface area (Å²) in [7, 11) is 0. The van der Waals surface area contributed by atoms with Gasteiger partial charge in [0.2, 0.25) is 0 Å². The summed E-state index contributed by atoms with van der Waals surface area (Å²) in [6.45, 7) is 2.90. The number of nitrogens with one attached hydrogen (secondary N) is 1. The topological polar surface area (TPSA) is 41.5 Å². The second-order valence-electron chi connectivity index (χ2n) is 3.11. The molecule has 0 fully saturated rings. The van der Waals surface area contributed by atoms with Crippen molar-refractivity contribution >= 4 is 0 Å². The van der Waals surface area contributed by atoms with Crippen LogP contribution in [0.15, 0.2) is 0 Å². The van der Waals surface area contributed by atoms with E-state index in [1.165, 1.54) is 0 Å². The van der Waals surface area contributed by atoms with Crippen molar-refractivity contribution in [2.45, 2.75) is 25.9 Å². The molecule has 0 spiro atoms. The molecule has 5 heteroatoms. The molecule has 0 aromatic rings. The van der Waals surface area contributed by atoms with Gasteiger partial charge in [0.25, 0.3) is 5.92 Å². The zero-order valence-electron chi connectivity index (χ0n) is 8.02. The van der Waals surface area contributed by atoms with Crippen molar-refractivity contribution in [3.05, 3.63) is 0 Å². The molecule has 0 aliphatic rings. The molecule has 0 amide bonds. The number of hydrogen-bond donors (Lipinski definition) is 2. The van der Waals surface area contributed by atoms with Crippen molar-refractivity contribution in [2.75, 3.05) is 26.3 Å². The van der Waals surface area contributed by atoms with Gasteiger partial charge in [-0.2, -0.15) is 0 Å². The van der Waals surface area contributed by atoms with Gasteiger partial charge < -0.3 is 15.2 Å². The molecule has 0 saturated carbocycles. The van der Waals surface area contributed by atoms with Crippen molar-refractivity contribution in [1.29, 1.82) is 0 Å². The van der Waals surface area contributed by atoms with Crippen molar-refractivity contribution in [2.24, 2.45) is 0 Å².